The standard InChI is InChI=1S/C17H25N3O/c21-17(19-15-6-2-1-3-7-15)18-12-14-10-11-20(13-14)16-8-4-5-9-16/h1-3,6-7,14,16H,4-5,8-13H2,(H2,18,19,21)/t14-/m1/s1. The molecule has 1 aliphatic carbocycles. The summed E-state index contributed by atoms with van der Waals surface area (Å²) < 4.78 is 0. The van der Waals surface area contributed by atoms with Crippen molar-refractivity contribution < 1.29 is 4.79 Å². The maximum Gasteiger partial charge on any atom is 0.319 e. The molecule has 0 bridgehead atoms. The van der Waals surface area contributed by atoms with Gasteiger partial charge in [0.2, 0.25) is 0 Å². The number of nitrogens with one attached hydrogen (secondary N) is 2. The molecule has 114 valence electrons. The average molecular weight is 287 g/mol. The molecule has 2 aliphatic rings. The van der Waals surface area contributed by atoms with Gasteiger partial charge >= 0.3 is 6.03 Å². The van der Waals surface area contributed by atoms with Crippen molar-refractivity contribution >= 4 is 11.7 Å². The number of anilines is 1. The van der Waals surface area contributed by atoms with Gasteiger partial charge in [-0.05, 0) is 43.9 Å². The molecule has 21 heavy (non-hydrogen) atoms. The number of carbonyl (C=O) groups is 1. The Hall–Kier alpha value is -1.55. The average Bonchev–Trinajstić information content (AvgIpc) is 3.17. The van der Waals surface area contributed by atoms with Gasteiger partial charge in [-0.2, -0.15) is 0 Å². The van der Waals surface area contributed by atoms with Crippen LogP contribution in [0.15, 0.2) is 30.3 Å². The zero-order valence-corrected chi connectivity index (χ0v) is 12.6. The second kappa shape index (κ2) is 6.94. The lowest BCUT2D eigenvalue weighted by molar-refractivity contribution is 0.234. The number of likely N-dealkylation sites (tertiary alicyclic amines) is 1. The van der Waals surface area contributed by atoms with E-state index in [1.54, 1.807) is 0 Å². The van der Waals surface area contributed by atoms with Crippen molar-refractivity contribution in [1.82, 2.24) is 10.2 Å². The summed E-state index contributed by atoms with van der Waals surface area (Å²) >= 11 is 0. The smallest absolute Gasteiger partial charge is 0.319 e. The maximum atomic E-state index is 11.9. The molecule has 0 unspecified atom stereocenters. The second-order valence-corrected chi connectivity index (χ2v) is 6.29. The van der Waals surface area contributed by atoms with Crippen molar-refractivity contribution in [1.29, 1.82) is 0 Å². The Bertz CT molecular complexity index is 456. The number of nitrogens with zero attached hydrogens (tertiary/aromatic N) is 1. The zero-order valence-electron chi connectivity index (χ0n) is 12.6. The molecule has 3 rings (SSSR count). The first-order valence-corrected chi connectivity index (χ1v) is 8.15. The molecule has 4 nitrogen and oxygen atoms in total. The van der Waals surface area contributed by atoms with Crippen LogP contribution in [-0.2, 0) is 0 Å². The lowest BCUT2D eigenvalue weighted by Crippen LogP contribution is -2.35. The van der Waals surface area contributed by atoms with E-state index < -0.39 is 0 Å². The first kappa shape index (κ1) is 14.4. The topological polar surface area (TPSA) is 44.4 Å². The summed E-state index contributed by atoms with van der Waals surface area (Å²) in [6, 6.07) is 10.3. The minimum Gasteiger partial charge on any atom is -0.338 e. The van der Waals surface area contributed by atoms with Crippen LogP contribution in [0.25, 0.3) is 0 Å². The predicted octanol–water partition coefficient (Wildman–Crippen LogP) is 3.07. The Morgan fingerprint density at radius 3 is 2.67 bits per heavy atom. The van der Waals surface area contributed by atoms with E-state index in [-0.39, 0.29) is 6.03 Å². The number of hydrogen-bond donors (Lipinski definition) is 2. The van der Waals surface area contributed by atoms with Gasteiger partial charge < -0.3 is 15.5 Å². The summed E-state index contributed by atoms with van der Waals surface area (Å²) in [5.41, 5.74) is 0.842. The van der Waals surface area contributed by atoms with Crippen molar-refractivity contribution in [3.63, 3.8) is 0 Å². The highest BCUT2D eigenvalue weighted by Crippen LogP contribution is 2.28. The molecule has 4 heteroatoms. The van der Waals surface area contributed by atoms with Crippen molar-refractivity contribution in [2.45, 2.75) is 38.1 Å². The Balaban J connectivity index is 1.38. The van der Waals surface area contributed by atoms with Crippen LogP contribution in [-0.4, -0.2) is 36.6 Å². The zero-order chi connectivity index (χ0) is 14.5. The number of amides is 2. The molecule has 2 N–H and O–H groups in total. The van der Waals surface area contributed by atoms with E-state index in [4.69, 9.17) is 0 Å². The van der Waals surface area contributed by atoms with Gasteiger partial charge in [0.15, 0.2) is 0 Å². The van der Waals surface area contributed by atoms with E-state index >= 15 is 0 Å². The van der Waals surface area contributed by atoms with Crippen LogP contribution in [0.5, 0.6) is 0 Å². The number of hydrogen-bond acceptors (Lipinski definition) is 2. The first-order valence-electron chi connectivity index (χ1n) is 8.15. The number of carbonyl (C=O) groups excluding carboxylic acids is 1. The minimum absolute atomic E-state index is 0.0967. The monoisotopic (exact) mass is 287 g/mol. The molecule has 2 fully saturated rings. The summed E-state index contributed by atoms with van der Waals surface area (Å²) in [4.78, 5) is 14.5. The van der Waals surface area contributed by atoms with Crippen molar-refractivity contribution in [3.05, 3.63) is 30.3 Å². The molecular weight excluding hydrogens is 262 g/mol. The van der Waals surface area contributed by atoms with Crippen molar-refractivity contribution in [2.24, 2.45) is 5.92 Å². The predicted molar refractivity (Wildman–Crippen MR) is 85.4 cm³/mol. The number of para-hydroxylation sites is 1. The highest BCUT2D eigenvalue weighted by Gasteiger charge is 2.29. The number of benzene rings is 1. The van der Waals surface area contributed by atoms with Gasteiger partial charge in [0.05, 0.1) is 0 Å². The Kier molecular flexibility index (Phi) is 4.76. The summed E-state index contributed by atoms with van der Waals surface area (Å²) in [6.45, 7) is 3.13. The van der Waals surface area contributed by atoms with Gasteiger partial charge in [0, 0.05) is 24.8 Å². The Labute approximate surface area is 126 Å². The molecule has 1 saturated carbocycles. The SMILES string of the molecule is O=C(NC[C@H]1CCN(C2CCCC2)C1)Nc1ccccc1. The highest BCUT2D eigenvalue weighted by atomic mass is 16.2. The summed E-state index contributed by atoms with van der Waals surface area (Å²) in [6.07, 6.45) is 6.73. The molecule has 1 atom stereocenters. The fourth-order valence-corrected chi connectivity index (χ4v) is 3.56. The molecule has 0 radical (unpaired) electrons. The van der Waals surface area contributed by atoms with Crippen LogP contribution in [0.1, 0.15) is 32.1 Å². The van der Waals surface area contributed by atoms with Crippen LogP contribution in [0.4, 0.5) is 10.5 Å². The van der Waals surface area contributed by atoms with Crippen LogP contribution in [0, 0.1) is 5.92 Å². The van der Waals surface area contributed by atoms with Gasteiger partial charge in [0.25, 0.3) is 0 Å². The molecule has 1 aromatic carbocycles. The van der Waals surface area contributed by atoms with Gasteiger partial charge in [-0.25, -0.2) is 4.79 Å². The van der Waals surface area contributed by atoms with E-state index in [1.165, 1.54) is 38.6 Å². The normalized spacial score (nSPS) is 23.3. The summed E-state index contributed by atoms with van der Waals surface area (Å²) in [5, 5.41) is 5.88. The van der Waals surface area contributed by atoms with E-state index in [1.807, 2.05) is 30.3 Å². The molecule has 1 aromatic rings. The van der Waals surface area contributed by atoms with E-state index in [0.717, 1.165) is 24.8 Å². The Morgan fingerprint density at radius 2 is 1.90 bits per heavy atom. The fraction of sp³-hybridized carbons (Fsp3) is 0.588. The van der Waals surface area contributed by atoms with Crippen LogP contribution in [0.2, 0.25) is 0 Å². The minimum atomic E-state index is -0.0967. The molecular formula is C17H25N3O. The quantitative estimate of drug-likeness (QED) is 0.894. The molecule has 1 saturated heterocycles. The third-order valence-electron chi connectivity index (χ3n) is 4.74. The number of rotatable bonds is 4. The van der Waals surface area contributed by atoms with Crippen molar-refractivity contribution in [3.8, 4) is 0 Å². The first-order chi connectivity index (χ1) is 10.3. The third-order valence-corrected chi connectivity index (χ3v) is 4.74. The third kappa shape index (κ3) is 3.97. The van der Waals surface area contributed by atoms with E-state index in [0.29, 0.717) is 5.92 Å². The van der Waals surface area contributed by atoms with E-state index in [2.05, 4.69) is 15.5 Å². The lowest BCUT2D eigenvalue weighted by atomic mass is 10.1. The number of urea groups is 1. The molecule has 1 aliphatic heterocycles. The van der Waals surface area contributed by atoms with Gasteiger partial charge in [0.1, 0.15) is 0 Å². The Morgan fingerprint density at radius 1 is 1.14 bits per heavy atom. The largest absolute Gasteiger partial charge is 0.338 e. The van der Waals surface area contributed by atoms with Crippen LogP contribution < -0.4 is 10.6 Å². The van der Waals surface area contributed by atoms with Crippen LogP contribution in [0.3, 0.4) is 0 Å². The second-order valence-electron chi connectivity index (χ2n) is 6.29. The lowest BCUT2D eigenvalue weighted by Gasteiger charge is -2.23. The molecule has 0 aromatic heterocycles. The highest BCUT2D eigenvalue weighted by molar-refractivity contribution is 5.89. The van der Waals surface area contributed by atoms with E-state index in [9.17, 15) is 4.79 Å². The van der Waals surface area contributed by atoms with Crippen molar-refractivity contribution in [2.75, 3.05) is 25.0 Å². The van der Waals surface area contributed by atoms with Gasteiger partial charge in [-0.1, -0.05) is 31.0 Å². The van der Waals surface area contributed by atoms with Gasteiger partial charge in [-0.3, -0.25) is 0 Å². The summed E-state index contributed by atoms with van der Waals surface area (Å²) in [7, 11) is 0. The molecule has 0 spiro atoms. The van der Waals surface area contributed by atoms with Gasteiger partial charge in [-0.15, -0.1) is 0 Å². The van der Waals surface area contributed by atoms with Crippen LogP contribution >= 0.6 is 0 Å². The summed E-state index contributed by atoms with van der Waals surface area (Å²) in [5.74, 6) is 0.604. The molecule has 1 heterocycles. The maximum absolute atomic E-state index is 11.9. The fourth-order valence-electron chi connectivity index (χ4n) is 3.56. The molecule has 2 amide bonds.